The SMILES string of the molecule is COc1ccc(C(=O)c2c[nH]c(C(=O)NC[C@@H]3CCCO3)c2)cc1. The Morgan fingerprint density at radius 3 is 2.75 bits per heavy atom. The molecule has 24 heavy (non-hydrogen) atoms. The lowest BCUT2D eigenvalue weighted by Crippen LogP contribution is -2.31. The minimum atomic E-state index is -0.237. The number of nitrogens with one attached hydrogen (secondary N) is 2. The second kappa shape index (κ2) is 7.31. The Bertz CT molecular complexity index is 715. The third kappa shape index (κ3) is 3.65. The largest absolute Gasteiger partial charge is 0.497 e. The summed E-state index contributed by atoms with van der Waals surface area (Å²) in [6.07, 6.45) is 3.63. The molecule has 1 aromatic heterocycles. The van der Waals surface area contributed by atoms with Crippen molar-refractivity contribution in [3.05, 3.63) is 53.3 Å². The van der Waals surface area contributed by atoms with Gasteiger partial charge < -0.3 is 19.8 Å². The smallest absolute Gasteiger partial charge is 0.267 e. The van der Waals surface area contributed by atoms with Crippen molar-refractivity contribution in [2.24, 2.45) is 0 Å². The number of methoxy groups -OCH3 is 1. The van der Waals surface area contributed by atoms with E-state index in [9.17, 15) is 9.59 Å². The number of carbonyl (C=O) groups excluding carboxylic acids is 2. The van der Waals surface area contributed by atoms with Crippen LogP contribution in [-0.4, -0.2) is 43.0 Å². The van der Waals surface area contributed by atoms with Gasteiger partial charge in [0, 0.05) is 30.5 Å². The Kier molecular flexibility index (Phi) is 4.96. The lowest BCUT2D eigenvalue weighted by Gasteiger charge is -2.09. The molecule has 0 saturated carbocycles. The Hall–Kier alpha value is -2.60. The first-order chi connectivity index (χ1) is 11.7. The van der Waals surface area contributed by atoms with Crippen molar-refractivity contribution < 1.29 is 19.1 Å². The van der Waals surface area contributed by atoms with E-state index >= 15 is 0 Å². The molecule has 0 bridgehead atoms. The first-order valence-corrected chi connectivity index (χ1v) is 7.94. The minimum absolute atomic E-state index is 0.0873. The van der Waals surface area contributed by atoms with Crippen LogP contribution in [0.3, 0.4) is 0 Å². The van der Waals surface area contributed by atoms with E-state index in [4.69, 9.17) is 9.47 Å². The summed E-state index contributed by atoms with van der Waals surface area (Å²) in [6, 6.07) is 8.43. The first-order valence-electron chi connectivity index (χ1n) is 7.94. The van der Waals surface area contributed by atoms with E-state index in [2.05, 4.69) is 10.3 Å². The van der Waals surface area contributed by atoms with E-state index in [1.54, 1.807) is 43.6 Å². The van der Waals surface area contributed by atoms with Crippen LogP contribution >= 0.6 is 0 Å². The third-order valence-electron chi connectivity index (χ3n) is 4.06. The van der Waals surface area contributed by atoms with Gasteiger partial charge in [0.15, 0.2) is 5.78 Å². The molecule has 6 heteroatoms. The van der Waals surface area contributed by atoms with Crippen LogP contribution in [0.25, 0.3) is 0 Å². The zero-order chi connectivity index (χ0) is 16.9. The number of ketones is 1. The molecule has 126 valence electrons. The molecule has 0 aliphatic carbocycles. The van der Waals surface area contributed by atoms with Crippen LogP contribution in [0.5, 0.6) is 5.75 Å². The zero-order valence-electron chi connectivity index (χ0n) is 13.5. The molecule has 1 aliphatic rings. The Labute approximate surface area is 140 Å². The van der Waals surface area contributed by atoms with Gasteiger partial charge in [0.05, 0.1) is 13.2 Å². The van der Waals surface area contributed by atoms with E-state index in [-0.39, 0.29) is 17.8 Å². The molecule has 1 atom stereocenters. The topological polar surface area (TPSA) is 80.4 Å². The number of rotatable bonds is 6. The van der Waals surface area contributed by atoms with Gasteiger partial charge in [0.2, 0.25) is 0 Å². The maximum atomic E-state index is 12.4. The number of carbonyl (C=O) groups is 2. The molecule has 2 aromatic rings. The van der Waals surface area contributed by atoms with Crippen LogP contribution in [0.4, 0.5) is 0 Å². The second-order valence-electron chi connectivity index (χ2n) is 5.70. The molecule has 0 radical (unpaired) electrons. The van der Waals surface area contributed by atoms with E-state index in [1.807, 2.05) is 0 Å². The van der Waals surface area contributed by atoms with Crippen molar-refractivity contribution in [2.45, 2.75) is 18.9 Å². The summed E-state index contributed by atoms with van der Waals surface area (Å²) < 4.78 is 10.5. The number of aromatic nitrogens is 1. The fourth-order valence-corrected chi connectivity index (χ4v) is 2.67. The number of hydrogen-bond donors (Lipinski definition) is 2. The van der Waals surface area contributed by atoms with Gasteiger partial charge in [-0.25, -0.2) is 0 Å². The Morgan fingerprint density at radius 2 is 2.08 bits per heavy atom. The normalized spacial score (nSPS) is 16.8. The maximum absolute atomic E-state index is 12.4. The minimum Gasteiger partial charge on any atom is -0.497 e. The summed E-state index contributed by atoms with van der Waals surface area (Å²) in [7, 11) is 1.57. The molecule has 3 rings (SSSR count). The highest BCUT2D eigenvalue weighted by molar-refractivity contribution is 6.10. The quantitative estimate of drug-likeness (QED) is 0.796. The molecule has 1 fully saturated rings. The van der Waals surface area contributed by atoms with Gasteiger partial charge in [0.25, 0.3) is 5.91 Å². The van der Waals surface area contributed by atoms with Crippen molar-refractivity contribution in [1.82, 2.24) is 10.3 Å². The number of ether oxygens (including phenoxy) is 2. The van der Waals surface area contributed by atoms with E-state index in [1.165, 1.54) is 0 Å². The van der Waals surface area contributed by atoms with Crippen molar-refractivity contribution in [1.29, 1.82) is 0 Å². The summed E-state index contributed by atoms with van der Waals surface area (Å²) in [5.41, 5.74) is 1.36. The molecular weight excluding hydrogens is 308 g/mol. The van der Waals surface area contributed by atoms with Gasteiger partial charge in [-0.05, 0) is 43.2 Å². The molecule has 1 aliphatic heterocycles. The summed E-state index contributed by atoms with van der Waals surface area (Å²) in [6.45, 7) is 1.24. The van der Waals surface area contributed by atoms with Crippen molar-refractivity contribution in [3.63, 3.8) is 0 Å². The molecule has 0 unspecified atom stereocenters. The van der Waals surface area contributed by atoms with Crippen LogP contribution in [0.2, 0.25) is 0 Å². The van der Waals surface area contributed by atoms with Gasteiger partial charge in [-0.2, -0.15) is 0 Å². The van der Waals surface area contributed by atoms with E-state index in [0.717, 1.165) is 19.4 Å². The molecule has 2 N–H and O–H groups in total. The highest BCUT2D eigenvalue weighted by atomic mass is 16.5. The molecule has 1 aromatic carbocycles. The lowest BCUT2D eigenvalue weighted by atomic mass is 10.1. The number of amides is 1. The zero-order valence-corrected chi connectivity index (χ0v) is 13.5. The molecular formula is C18H20N2O4. The molecule has 6 nitrogen and oxygen atoms in total. The van der Waals surface area contributed by atoms with Crippen molar-refractivity contribution in [3.8, 4) is 5.75 Å². The van der Waals surface area contributed by atoms with Crippen LogP contribution < -0.4 is 10.1 Å². The second-order valence-corrected chi connectivity index (χ2v) is 5.70. The number of H-pyrrole nitrogens is 1. The summed E-state index contributed by atoms with van der Waals surface area (Å²) in [4.78, 5) is 27.4. The fraction of sp³-hybridized carbons (Fsp3) is 0.333. The fourth-order valence-electron chi connectivity index (χ4n) is 2.67. The number of benzene rings is 1. The van der Waals surface area contributed by atoms with Gasteiger partial charge >= 0.3 is 0 Å². The third-order valence-corrected chi connectivity index (χ3v) is 4.06. The molecule has 2 heterocycles. The first kappa shape index (κ1) is 16.3. The van der Waals surface area contributed by atoms with Gasteiger partial charge in [-0.1, -0.05) is 0 Å². The van der Waals surface area contributed by atoms with E-state index in [0.29, 0.717) is 29.1 Å². The van der Waals surface area contributed by atoms with Crippen LogP contribution in [0.1, 0.15) is 39.3 Å². The average Bonchev–Trinajstić information content (AvgIpc) is 3.31. The predicted molar refractivity (Wildman–Crippen MR) is 88.5 cm³/mol. The highest BCUT2D eigenvalue weighted by Crippen LogP contribution is 2.16. The lowest BCUT2D eigenvalue weighted by molar-refractivity contribution is 0.0854. The number of hydrogen-bond acceptors (Lipinski definition) is 4. The highest BCUT2D eigenvalue weighted by Gasteiger charge is 2.18. The van der Waals surface area contributed by atoms with Crippen LogP contribution in [0.15, 0.2) is 36.5 Å². The molecule has 1 amide bonds. The summed E-state index contributed by atoms with van der Waals surface area (Å²) >= 11 is 0. The Morgan fingerprint density at radius 1 is 1.29 bits per heavy atom. The summed E-state index contributed by atoms with van der Waals surface area (Å²) in [5, 5.41) is 2.82. The van der Waals surface area contributed by atoms with Crippen molar-refractivity contribution >= 4 is 11.7 Å². The van der Waals surface area contributed by atoms with Gasteiger partial charge in [-0.15, -0.1) is 0 Å². The Balaban J connectivity index is 1.63. The van der Waals surface area contributed by atoms with Crippen LogP contribution in [-0.2, 0) is 4.74 Å². The van der Waals surface area contributed by atoms with Gasteiger partial charge in [0.1, 0.15) is 11.4 Å². The standard InChI is InChI=1S/C18H20N2O4/c1-23-14-6-4-12(5-7-14)17(21)13-9-16(19-10-13)18(22)20-11-15-3-2-8-24-15/h4-7,9-10,15,19H,2-3,8,11H2,1H3,(H,20,22)/t15-/m0/s1. The monoisotopic (exact) mass is 328 g/mol. The molecule has 1 saturated heterocycles. The average molecular weight is 328 g/mol. The number of aromatic amines is 1. The van der Waals surface area contributed by atoms with Crippen LogP contribution in [0, 0.1) is 0 Å². The molecule has 0 spiro atoms. The van der Waals surface area contributed by atoms with E-state index < -0.39 is 0 Å². The predicted octanol–water partition coefficient (Wildman–Crippen LogP) is 2.16. The maximum Gasteiger partial charge on any atom is 0.267 e. The summed E-state index contributed by atoms with van der Waals surface area (Å²) in [5.74, 6) is 0.307. The van der Waals surface area contributed by atoms with Crippen molar-refractivity contribution in [2.75, 3.05) is 20.3 Å². The van der Waals surface area contributed by atoms with Gasteiger partial charge in [-0.3, -0.25) is 9.59 Å².